The fraction of sp³-hybridized carbons (Fsp3) is 0.667. The molecule has 6 nitrogen and oxygen atoms in total. The average Bonchev–Trinajstić information content (AvgIpc) is 3.33. The highest BCUT2D eigenvalue weighted by molar-refractivity contribution is 5.97. The second-order valence-corrected chi connectivity index (χ2v) is 12.7. The van der Waals surface area contributed by atoms with Gasteiger partial charge in [0.15, 0.2) is 5.75 Å². The number of halogens is 1. The number of carbonyl (C=O) groups excluding carboxylic acids is 1. The van der Waals surface area contributed by atoms with E-state index in [9.17, 15) is 9.18 Å². The van der Waals surface area contributed by atoms with E-state index in [0.29, 0.717) is 16.9 Å². The van der Waals surface area contributed by atoms with Gasteiger partial charge in [0, 0.05) is 24.5 Å². The van der Waals surface area contributed by atoms with Gasteiger partial charge >= 0.3 is 0 Å². The molecule has 7 heteroatoms. The second-order valence-electron chi connectivity index (χ2n) is 12.7. The Balaban J connectivity index is 1.49. The maximum atomic E-state index is 14.3. The lowest BCUT2D eigenvalue weighted by Crippen LogP contribution is -2.42. The van der Waals surface area contributed by atoms with Crippen LogP contribution < -0.4 is 4.74 Å². The summed E-state index contributed by atoms with van der Waals surface area (Å²) in [7, 11) is 0. The van der Waals surface area contributed by atoms with E-state index >= 15 is 0 Å². The molecule has 1 spiro atoms. The van der Waals surface area contributed by atoms with Gasteiger partial charge in [-0.2, -0.15) is 0 Å². The Morgan fingerprint density at radius 3 is 2.50 bits per heavy atom. The van der Waals surface area contributed by atoms with Crippen LogP contribution in [-0.4, -0.2) is 57.4 Å². The number of amides is 1. The van der Waals surface area contributed by atoms with Gasteiger partial charge in [-0.25, -0.2) is 14.4 Å². The lowest BCUT2D eigenvalue weighted by Gasteiger charge is -2.40. The summed E-state index contributed by atoms with van der Waals surface area (Å²) in [6.45, 7) is 16.1. The number of nitrogens with zero attached hydrogens (tertiary/aromatic N) is 4. The number of hydrogen-bond donors (Lipinski definition) is 0. The van der Waals surface area contributed by atoms with Crippen LogP contribution in [0, 0.1) is 17.2 Å². The number of ether oxygens (including phenoxy) is 1. The zero-order valence-corrected chi connectivity index (χ0v) is 25.5. The molecule has 0 N–H and O–H groups in total. The molecule has 1 aromatic heterocycles. The van der Waals surface area contributed by atoms with E-state index in [-0.39, 0.29) is 29.5 Å². The smallest absolute Gasteiger partial charge is 0.258 e. The Kier molecular flexibility index (Phi) is 10.2. The fourth-order valence-corrected chi connectivity index (χ4v) is 7.10. The first-order valence-electron chi connectivity index (χ1n) is 15.5. The normalized spacial score (nSPS) is 19.9. The van der Waals surface area contributed by atoms with Gasteiger partial charge in [-0.3, -0.25) is 4.79 Å². The average molecular weight is 553 g/mol. The Hall–Kier alpha value is -2.54. The number of hydrogen-bond acceptors (Lipinski definition) is 5. The molecule has 4 rings (SSSR count). The van der Waals surface area contributed by atoms with E-state index in [4.69, 9.17) is 4.74 Å². The molecule has 1 aromatic carbocycles. The van der Waals surface area contributed by atoms with E-state index in [1.54, 1.807) is 23.5 Å². The Bertz CT molecular complexity index is 1120. The van der Waals surface area contributed by atoms with Gasteiger partial charge in [0.05, 0.1) is 17.5 Å². The maximum absolute atomic E-state index is 14.3. The summed E-state index contributed by atoms with van der Waals surface area (Å²) in [4.78, 5) is 26.9. The summed E-state index contributed by atoms with van der Waals surface area (Å²) in [5.41, 5.74) is 1.48. The molecule has 1 aliphatic carbocycles. The quantitative estimate of drug-likeness (QED) is 0.284. The number of likely N-dealkylation sites (tertiary alicyclic amines) is 1. The maximum Gasteiger partial charge on any atom is 0.258 e. The molecule has 0 radical (unpaired) electrons. The van der Waals surface area contributed by atoms with Crippen molar-refractivity contribution in [1.29, 1.82) is 0 Å². The molecule has 2 aliphatic rings. The summed E-state index contributed by atoms with van der Waals surface area (Å²) >= 11 is 0. The largest absolute Gasteiger partial charge is 0.453 e. The van der Waals surface area contributed by atoms with Crippen molar-refractivity contribution < 1.29 is 13.9 Å². The van der Waals surface area contributed by atoms with Crippen molar-refractivity contribution in [2.45, 2.75) is 111 Å². The number of benzene rings is 1. The van der Waals surface area contributed by atoms with Gasteiger partial charge in [-0.05, 0) is 109 Å². The second kappa shape index (κ2) is 13.4. The van der Waals surface area contributed by atoms with E-state index in [2.05, 4.69) is 28.7 Å². The van der Waals surface area contributed by atoms with Crippen LogP contribution >= 0.6 is 0 Å². The SMILES string of the molecule is CCC[C@@H](CC)CN1CCC2(CCC(c3ncncc3Oc3ccc(F)cc3C(=O)N(C(C)C)C(C)C)C2)CC1. The van der Waals surface area contributed by atoms with Crippen LogP contribution in [0.25, 0.3) is 0 Å². The number of carbonyl (C=O) groups is 1. The first-order chi connectivity index (χ1) is 19.2. The van der Waals surface area contributed by atoms with E-state index in [1.165, 1.54) is 70.3 Å². The summed E-state index contributed by atoms with van der Waals surface area (Å²) < 4.78 is 20.7. The van der Waals surface area contributed by atoms with Gasteiger partial charge in [0.2, 0.25) is 0 Å². The first-order valence-corrected chi connectivity index (χ1v) is 15.5. The van der Waals surface area contributed by atoms with Crippen molar-refractivity contribution in [3.63, 3.8) is 0 Å². The molecule has 1 amide bonds. The lowest BCUT2D eigenvalue weighted by atomic mass is 9.76. The van der Waals surface area contributed by atoms with Crippen molar-refractivity contribution in [2.24, 2.45) is 11.3 Å². The Morgan fingerprint density at radius 1 is 1.12 bits per heavy atom. The van der Waals surface area contributed by atoms with Crippen LogP contribution in [0.15, 0.2) is 30.7 Å². The van der Waals surface area contributed by atoms with Crippen LogP contribution in [0.5, 0.6) is 11.5 Å². The van der Waals surface area contributed by atoms with Crippen LogP contribution in [0.2, 0.25) is 0 Å². The molecule has 2 aromatic rings. The summed E-state index contributed by atoms with van der Waals surface area (Å²) in [5.74, 6) is 1.30. The van der Waals surface area contributed by atoms with Gasteiger partial charge in [-0.15, -0.1) is 0 Å². The zero-order valence-electron chi connectivity index (χ0n) is 25.5. The highest BCUT2D eigenvalue weighted by atomic mass is 19.1. The van der Waals surface area contributed by atoms with Gasteiger partial charge < -0.3 is 14.5 Å². The van der Waals surface area contributed by atoms with Crippen LogP contribution in [0.4, 0.5) is 4.39 Å². The van der Waals surface area contributed by atoms with Crippen LogP contribution in [0.3, 0.4) is 0 Å². The molecule has 1 saturated carbocycles. The zero-order chi connectivity index (χ0) is 28.9. The molecule has 2 fully saturated rings. The van der Waals surface area contributed by atoms with Crippen molar-refractivity contribution in [3.05, 3.63) is 47.8 Å². The van der Waals surface area contributed by atoms with Crippen LogP contribution in [-0.2, 0) is 0 Å². The van der Waals surface area contributed by atoms with Crippen molar-refractivity contribution in [3.8, 4) is 11.5 Å². The molecule has 1 saturated heterocycles. The van der Waals surface area contributed by atoms with Crippen LogP contribution in [0.1, 0.15) is 115 Å². The highest BCUT2D eigenvalue weighted by Gasteiger charge is 2.43. The van der Waals surface area contributed by atoms with Gasteiger partial charge in [0.1, 0.15) is 17.9 Å². The van der Waals surface area contributed by atoms with E-state index in [0.717, 1.165) is 24.5 Å². The minimum Gasteiger partial charge on any atom is -0.453 e. The summed E-state index contributed by atoms with van der Waals surface area (Å²) in [5, 5.41) is 0. The molecular weight excluding hydrogens is 503 g/mol. The Morgan fingerprint density at radius 2 is 1.85 bits per heavy atom. The number of aromatic nitrogens is 2. The standard InChI is InChI=1S/C33H49FN4O2/c1-7-9-25(8-2)21-37-16-14-33(15-17-37)13-12-26(19-33)31-30(20-35-22-36-31)40-29-11-10-27(34)18-28(29)32(39)38(23(3)4)24(5)6/h10-11,18,20,22-26H,7-9,12-17,19,21H2,1-6H3/t25-,26?/m1/s1. The van der Waals surface area contributed by atoms with E-state index < -0.39 is 5.82 Å². The van der Waals surface area contributed by atoms with Crippen molar-refractivity contribution in [2.75, 3.05) is 19.6 Å². The monoisotopic (exact) mass is 552 g/mol. The predicted molar refractivity (Wildman–Crippen MR) is 158 cm³/mol. The number of rotatable bonds is 11. The summed E-state index contributed by atoms with van der Waals surface area (Å²) in [6, 6.07) is 4.11. The third-order valence-corrected chi connectivity index (χ3v) is 9.24. The molecule has 1 aliphatic heterocycles. The third kappa shape index (κ3) is 7.02. The highest BCUT2D eigenvalue weighted by Crippen LogP contribution is 2.53. The molecule has 2 atom stereocenters. The number of piperidine rings is 1. The van der Waals surface area contributed by atoms with Gasteiger partial charge in [0.25, 0.3) is 5.91 Å². The Labute approximate surface area is 240 Å². The first kappa shape index (κ1) is 30.4. The molecule has 220 valence electrons. The fourth-order valence-electron chi connectivity index (χ4n) is 7.10. The minimum atomic E-state index is -0.461. The molecule has 1 unspecified atom stereocenters. The molecule has 2 heterocycles. The molecular formula is C33H49FN4O2. The van der Waals surface area contributed by atoms with E-state index in [1.807, 2.05) is 27.7 Å². The third-order valence-electron chi connectivity index (χ3n) is 9.24. The topological polar surface area (TPSA) is 58.6 Å². The lowest BCUT2D eigenvalue weighted by molar-refractivity contribution is 0.0640. The molecule has 0 bridgehead atoms. The van der Waals surface area contributed by atoms with Crippen molar-refractivity contribution >= 4 is 5.91 Å². The van der Waals surface area contributed by atoms with Gasteiger partial charge in [-0.1, -0.05) is 26.7 Å². The predicted octanol–water partition coefficient (Wildman–Crippen LogP) is 7.84. The molecule has 40 heavy (non-hydrogen) atoms. The summed E-state index contributed by atoms with van der Waals surface area (Å²) in [6.07, 6.45) is 13.0. The van der Waals surface area contributed by atoms with Crippen molar-refractivity contribution in [1.82, 2.24) is 19.8 Å². The minimum absolute atomic E-state index is 0.0279.